The molecule has 0 unspecified atom stereocenters. The van der Waals surface area contributed by atoms with E-state index < -0.39 is 0 Å². The molecule has 1 N–H and O–H groups in total. The van der Waals surface area contributed by atoms with Crippen LogP contribution in [0.25, 0.3) is 0 Å². The average Bonchev–Trinajstić information content (AvgIpc) is 2.07. The normalized spacial score (nSPS) is 8.33. The molecule has 0 aliphatic heterocycles. The summed E-state index contributed by atoms with van der Waals surface area (Å²) < 4.78 is 0. The van der Waals surface area contributed by atoms with Gasteiger partial charge in [0.05, 0.1) is 11.6 Å². The Morgan fingerprint density at radius 1 is 1.33 bits per heavy atom. The quantitative estimate of drug-likeness (QED) is 0.756. The predicted octanol–water partition coefficient (Wildman–Crippen LogP) is 1.70. The number of rotatable bonds is 2. The fourth-order valence-corrected chi connectivity index (χ4v) is 0.901. The van der Waals surface area contributed by atoms with Crippen LogP contribution < -0.4 is 5.32 Å². The standard InChI is InChI=1S/C9H10N2.ClH/c1-11-7-9-4-2-8(6-10)3-5-9;/h2-5,11H,7H2,1H3;1H. The highest BCUT2D eigenvalue weighted by molar-refractivity contribution is 5.85. The molecule has 0 aromatic heterocycles. The minimum Gasteiger partial charge on any atom is -0.316 e. The van der Waals surface area contributed by atoms with E-state index in [1.54, 1.807) is 0 Å². The van der Waals surface area contributed by atoms with Gasteiger partial charge in [-0.15, -0.1) is 12.4 Å². The van der Waals surface area contributed by atoms with Crippen LogP contribution in [-0.4, -0.2) is 7.05 Å². The van der Waals surface area contributed by atoms with Gasteiger partial charge in [0.2, 0.25) is 0 Å². The molecule has 0 aliphatic rings. The Morgan fingerprint density at radius 3 is 2.33 bits per heavy atom. The van der Waals surface area contributed by atoms with Gasteiger partial charge in [0.15, 0.2) is 0 Å². The first-order valence-electron chi connectivity index (χ1n) is 3.50. The Labute approximate surface area is 78.6 Å². The SMILES string of the molecule is CNCc1ccc(C#N)cc1.Cl. The third kappa shape index (κ3) is 2.91. The summed E-state index contributed by atoms with van der Waals surface area (Å²) in [6.07, 6.45) is 0. The van der Waals surface area contributed by atoms with Crippen molar-refractivity contribution < 1.29 is 0 Å². The van der Waals surface area contributed by atoms with E-state index in [0.29, 0.717) is 5.56 Å². The third-order valence-electron chi connectivity index (χ3n) is 1.46. The Kier molecular flexibility index (Phi) is 5.11. The van der Waals surface area contributed by atoms with E-state index in [1.165, 1.54) is 5.56 Å². The highest BCUT2D eigenvalue weighted by Crippen LogP contribution is 2.01. The zero-order valence-electron chi connectivity index (χ0n) is 6.87. The molecule has 3 heteroatoms. The van der Waals surface area contributed by atoms with Gasteiger partial charge in [0, 0.05) is 6.54 Å². The van der Waals surface area contributed by atoms with E-state index in [9.17, 15) is 0 Å². The summed E-state index contributed by atoms with van der Waals surface area (Å²) >= 11 is 0. The maximum atomic E-state index is 8.49. The van der Waals surface area contributed by atoms with E-state index in [0.717, 1.165) is 6.54 Å². The molecule has 0 radical (unpaired) electrons. The minimum atomic E-state index is 0. The van der Waals surface area contributed by atoms with Crippen molar-refractivity contribution in [1.82, 2.24) is 5.32 Å². The fraction of sp³-hybridized carbons (Fsp3) is 0.222. The molecule has 0 saturated heterocycles. The molecule has 0 heterocycles. The van der Waals surface area contributed by atoms with Crippen LogP contribution in [0.5, 0.6) is 0 Å². The Hall–Kier alpha value is -1.04. The fourth-order valence-electron chi connectivity index (χ4n) is 0.901. The summed E-state index contributed by atoms with van der Waals surface area (Å²) in [7, 11) is 1.90. The highest BCUT2D eigenvalue weighted by atomic mass is 35.5. The Bertz CT molecular complexity index is 261. The average molecular weight is 183 g/mol. The maximum Gasteiger partial charge on any atom is 0.0991 e. The molecule has 0 spiro atoms. The van der Waals surface area contributed by atoms with Crippen molar-refractivity contribution in [2.75, 3.05) is 7.05 Å². The zero-order chi connectivity index (χ0) is 8.10. The van der Waals surface area contributed by atoms with E-state index in [4.69, 9.17) is 5.26 Å². The first kappa shape index (κ1) is 11.0. The topological polar surface area (TPSA) is 35.8 Å². The van der Waals surface area contributed by atoms with Gasteiger partial charge in [-0.05, 0) is 24.7 Å². The van der Waals surface area contributed by atoms with Crippen LogP contribution in [0.2, 0.25) is 0 Å². The molecule has 1 aromatic rings. The van der Waals surface area contributed by atoms with Crippen molar-refractivity contribution >= 4 is 12.4 Å². The van der Waals surface area contributed by atoms with Crippen molar-refractivity contribution in [3.8, 4) is 6.07 Å². The summed E-state index contributed by atoms with van der Waals surface area (Å²) in [6.45, 7) is 0.853. The van der Waals surface area contributed by atoms with Gasteiger partial charge in [-0.2, -0.15) is 5.26 Å². The summed E-state index contributed by atoms with van der Waals surface area (Å²) in [6, 6.07) is 9.63. The van der Waals surface area contributed by atoms with Crippen LogP contribution in [-0.2, 0) is 6.54 Å². The van der Waals surface area contributed by atoms with Crippen LogP contribution in [0.4, 0.5) is 0 Å². The smallest absolute Gasteiger partial charge is 0.0991 e. The lowest BCUT2D eigenvalue weighted by atomic mass is 10.1. The number of nitriles is 1. The van der Waals surface area contributed by atoms with Gasteiger partial charge in [-0.25, -0.2) is 0 Å². The molecule has 12 heavy (non-hydrogen) atoms. The molecule has 0 fully saturated rings. The first-order chi connectivity index (χ1) is 5.36. The van der Waals surface area contributed by atoms with E-state index in [2.05, 4.69) is 11.4 Å². The monoisotopic (exact) mass is 182 g/mol. The second kappa shape index (κ2) is 5.59. The largest absolute Gasteiger partial charge is 0.316 e. The minimum absolute atomic E-state index is 0. The van der Waals surface area contributed by atoms with Gasteiger partial charge in [0.25, 0.3) is 0 Å². The maximum absolute atomic E-state index is 8.49. The lowest BCUT2D eigenvalue weighted by molar-refractivity contribution is 0.818. The molecule has 0 aliphatic carbocycles. The molecule has 0 bridgehead atoms. The molecular formula is C9H11ClN2. The molecule has 0 amide bonds. The number of halogens is 1. The lowest BCUT2D eigenvalue weighted by Gasteiger charge is -1.97. The molecule has 2 nitrogen and oxygen atoms in total. The van der Waals surface area contributed by atoms with Gasteiger partial charge in [-0.3, -0.25) is 0 Å². The second-order valence-corrected chi connectivity index (χ2v) is 2.34. The number of nitrogens with zero attached hydrogens (tertiary/aromatic N) is 1. The van der Waals surface area contributed by atoms with Crippen LogP contribution in [0.3, 0.4) is 0 Å². The summed E-state index contributed by atoms with van der Waals surface area (Å²) in [5.41, 5.74) is 1.91. The first-order valence-corrected chi connectivity index (χ1v) is 3.50. The lowest BCUT2D eigenvalue weighted by Crippen LogP contribution is -2.04. The van der Waals surface area contributed by atoms with Crippen molar-refractivity contribution in [1.29, 1.82) is 5.26 Å². The van der Waals surface area contributed by atoms with Crippen molar-refractivity contribution in [3.63, 3.8) is 0 Å². The van der Waals surface area contributed by atoms with E-state index >= 15 is 0 Å². The number of hydrogen-bond donors (Lipinski definition) is 1. The highest BCUT2D eigenvalue weighted by Gasteiger charge is 1.90. The van der Waals surface area contributed by atoms with Crippen molar-refractivity contribution in [3.05, 3.63) is 35.4 Å². The summed E-state index contributed by atoms with van der Waals surface area (Å²) in [5.74, 6) is 0. The molecule has 64 valence electrons. The van der Waals surface area contributed by atoms with E-state index in [-0.39, 0.29) is 12.4 Å². The predicted molar refractivity (Wildman–Crippen MR) is 51.2 cm³/mol. The van der Waals surface area contributed by atoms with Gasteiger partial charge >= 0.3 is 0 Å². The molecule has 1 aromatic carbocycles. The van der Waals surface area contributed by atoms with E-state index in [1.807, 2.05) is 31.3 Å². The summed E-state index contributed by atoms with van der Waals surface area (Å²) in [4.78, 5) is 0. The van der Waals surface area contributed by atoms with Crippen molar-refractivity contribution in [2.45, 2.75) is 6.54 Å². The molecule has 0 saturated carbocycles. The van der Waals surface area contributed by atoms with Gasteiger partial charge in [-0.1, -0.05) is 12.1 Å². The Balaban J connectivity index is 0.00000121. The van der Waals surface area contributed by atoms with Crippen LogP contribution in [0.15, 0.2) is 24.3 Å². The number of nitrogens with one attached hydrogen (secondary N) is 1. The van der Waals surface area contributed by atoms with Crippen LogP contribution >= 0.6 is 12.4 Å². The number of benzene rings is 1. The zero-order valence-corrected chi connectivity index (χ0v) is 7.69. The molecule has 0 atom stereocenters. The molecule has 1 rings (SSSR count). The Morgan fingerprint density at radius 2 is 1.92 bits per heavy atom. The second-order valence-electron chi connectivity index (χ2n) is 2.34. The van der Waals surface area contributed by atoms with Crippen molar-refractivity contribution in [2.24, 2.45) is 0 Å². The van der Waals surface area contributed by atoms with Crippen LogP contribution in [0, 0.1) is 11.3 Å². The van der Waals surface area contributed by atoms with Crippen LogP contribution in [0.1, 0.15) is 11.1 Å². The molecular weight excluding hydrogens is 172 g/mol. The third-order valence-corrected chi connectivity index (χ3v) is 1.46. The number of hydrogen-bond acceptors (Lipinski definition) is 2. The van der Waals surface area contributed by atoms with Gasteiger partial charge in [0.1, 0.15) is 0 Å². The van der Waals surface area contributed by atoms with Gasteiger partial charge < -0.3 is 5.32 Å². The summed E-state index contributed by atoms with van der Waals surface area (Å²) in [5, 5.41) is 11.5.